The summed E-state index contributed by atoms with van der Waals surface area (Å²) in [5.41, 5.74) is 0.871. The lowest BCUT2D eigenvalue weighted by molar-refractivity contribution is -0.114. The van der Waals surface area contributed by atoms with Crippen molar-refractivity contribution < 1.29 is 9.53 Å². The average molecular weight is 388 g/mol. The smallest absolute Gasteiger partial charge is 0.252 e. The first kappa shape index (κ1) is 18.6. The number of rotatable bonds is 7. The minimum absolute atomic E-state index is 0.0636. The molecule has 3 aromatic rings. The van der Waals surface area contributed by atoms with Gasteiger partial charge in [0.05, 0.1) is 17.3 Å². The number of thiazole rings is 1. The van der Waals surface area contributed by atoms with E-state index in [0.717, 1.165) is 27.4 Å². The SMILES string of the molecule is COc1ccc2nc(N(CCN(C)C)C(=O)C=Cc3cccs3)sc2c1. The van der Waals surface area contributed by atoms with Gasteiger partial charge in [-0.3, -0.25) is 9.69 Å². The number of thiophene rings is 1. The van der Waals surface area contributed by atoms with E-state index in [1.165, 1.54) is 11.3 Å². The highest BCUT2D eigenvalue weighted by atomic mass is 32.1. The molecule has 0 aliphatic rings. The predicted octanol–water partition coefficient (Wildman–Crippen LogP) is 3.97. The van der Waals surface area contributed by atoms with E-state index in [2.05, 4.69) is 9.88 Å². The fourth-order valence-electron chi connectivity index (χ4n) is 2.36. The lowest BCUT2D eigenvalue weighted by atomic mass is 10.3. The Morgan fingerprint density at radius 3 is 2.81 bits per heavy atom. The Hall–Kier alpha value is -2.22. The van der Waals surface area contributed by atoms with Gasteiger partial charge in [-0.25, -0.2) is 4.98 Å². The van der Waals surface area contributed by atoms with Crippen LogP contribution in [0.2, 0.25) is 0 Å². The minimum atomic E-state index is -0.0636. The summed E-state index contributed by atoms with van der Waals surface area (Å²) in [6.45, 7) is 1.34. The zero-order chi connectivity index (χ0) is 18.5. The maximum Gasteiger partial charge on any atom is 0.252 e. The topological polar surface area (TPSA) is 45.7 Å². The van der Waals surface area contributed by atoms with Gasteiger partial charge in [0.25, 0.3) is 5.91 Å². The van der Waals surface area contributed by atoms with Gasteiger partial charge in [0.2, 0.25) is 0 Å². The lowest BCUT2D eigenvalue weighted by Crippen LogP contribution is -2.35. The van der Waals surface area contributed by atoms with Crippen LogP contribution in [-0.2, 0) is 4.79 Å². The molecule has 0 bridgehead atoms. The molecule has 0 radical (unpaired) electrons. The van der Waals surface area contributed by atoms with Gasteiger partial charge >= 0.3 is 0 Å². The number of amides is 1. The standard InChI is InChI=1S/C19H21N3O2S2/c1-21(2)10-11-22(18(23)9-7-15-5-4-12-25-15)19-20-16-8-6-14(24-3)13-17(16)26-19/h4-9,12-13H,10-11H2,1-3H3. The second-order valence-electron chi connectivity index (χ2n) is 5.97. The molecular formula is C19H21N3O2S2. The summed E-state index contributed by atoms with van der Waals surface area (Å²) in [5, 5.41) is 2.70. The Balaban J connectivity index is 1.88. The predicted molar refractivity (Wildman–Crippen MR) is 110 cm³/mol. The Morgan fingerprint density at radius 1 is 1.27 bits per heavy atom. The normalized spacial score (nSPS) is 11.5. The van der Waals surface area contributed by atoms with Crippen molar-refractivity contribution in [3.8, 4) is 5.75 Å². The number of methoxy groups -OCH3 is 1. The number of carbonyl (C=O) groups excluding carboxylic acids is 1. The molecule has 0 N–H and O–H groups in total. The molecule has 136 valence electrons. The lowest BCUT2D eigenvalue weighted by Gasteiger charge is -2.20. The number of hydrogen-bond donors (Lipinski definition) is 0. The van der Waals surface area contributed by atoms with E-state index in [1.54, 1.807) is 29.4 Å². The summed E-state index contributed by atoms with van der Waals surface area (Å²) in [6.07, 6.45) is 3.47. The third kappa shape index (κ3) is 4.49. The Labute approximate surface area is 161 Å². The van der Waals surface area contributed by atoms with Crippen LogP contribution in [0.15, 0.2) is 41.8 Å². The van der Waals surface area contributed by atoms with Crippen LogP contribution in [0.5, 0.6) is 5.75 Å². The van der Waals surface area contributed by atoms with E-state index < -0.39 is 0 Å². The highest BCUT2D eigenvalue weighted by Gasteiger charge is 2.18. The first-order chi connectivity index (χ1) is 12.6. The van der Waals surface area contributed by atoms with Crippen LogP contribution in [0, 0.1) is 0 Å². The minimum Gasteiger partial charge on any atom is -0.497 e. The summed E-state index contributed by atoms with van der Waals surface area (Å²) in [5.74, 6) is 0.725. The van der Waals surface area contributed by atoms with E-state index in [9.17, 15) is 4.79 Å². The van der Waals surface area contributed by atoms with Gasteiger partial charge in [-0.15, -0.1) is 11.3 Å². The molecule has 26 heavy (non-hydrogen) atoms. The van der Waals surface area contributed by atoms with E-state index in [4.69, 9.17) is 4.74 Å². The molecule has 0 fully saturated rings. The van der Waals surface area contributed by atoms with Crippen LogP contribution >= 0.6 is 22.7 Å². The summed E-state index contributed by atoms with van der Waals surface area (Å²) in [6, 6.07) is 9.72. The van der Waals surface area contributed by atoms with E-state index >= 15 is 0 Å². The number of aromatic nitrogens is 1. The largest absolute Gasteiger partial charge is 0.497 e. The molecule has 2 aromatic heterocycles. The van der Waals surface area contributed by atoms with Crippen molar-refractivity contribution in [1.29, 1.82) is 0 Å². The molecule has 2 heterocycles. The van der Waals surface area contributed by atoms with Crippen LogP contribution < -0.4 is 9.64 Å². The van der Waals surface area contributed by atoms with Crippen LogP contribution in [-0.4, -0.2) is 50.1 Å². The third-order valence-corrected chi connectivity index (χ3v) is 5.66. The number of fused-ring (bicyclic) bond motifs is 1. The summed E-state index contributed by atoms with van der Waals surface area (Å²) < 4.78 is 6.28. The van der Waals surface area contributed by atoms with Crippen molar-refractivity contribution >= 4 is 50.0 Å². The maximum absolute atomic E-state index is 12.8. The van der Waals surface area contributed by atoms with Crippen LogP contribution in [0.1, 0.15) is 4.88 Å². The molecule has 3 rings (SSSR count). The van der Waals surface area contributed by atoms with Crippen molar-refractivity contribution in [3.63, 3.8) is 0 Å². The van der Waals surface area contributed by atoms with Gasteiger partial charge in [0.15, 0.2) is 5.13 Å². The molecule has 0 aliphatic heterocycles. The molecule has 0 saturated carbocycles. The van der Waals surface area contributed by atoms with Gasteiger partial charge in [0, 0.05) is 24.0 Å². The van der Waals surface area contributed by atoms with Crippen LogP contribution in [0.4, 0.5) is 5.13 Å². The third-order valence-electron chi connectivity index (χ3n) is 3.79. The number of likely N-dealkylation sites (N-methyl/N-ethyl adjacent to an activating group) is 1. The highest BCUT2D eigenvalue weighted by molar-refractivity contribution is 7.22. The quantitative estimate of drug-likeness (QED) is 0.576. The molecule has 5 nitrogen and oxygen atoms in total. The number of benzene rings is 1. The highest BCUT2D eigenvalue weighted by Crippen LogP contribution is 2.31. The van der Waals surface area contributed by atoms with Gasteiger partial charge in [-0.2, -0.15) is 0 Å². The molecule has 1 amide bonds. The first-order valence-electron chi connectivity index (χ1n) is 8.19. The average Bonchev–Trinajstić information content (AvgIpc) is 3.28. The summed E-state index contributed by atoms with van der Waals surface area (Å²) in [7, 11) is 5.63. The Morgan fingerprint density at radius 2 is 2.12 bits per heavy atom. The number of anilines is 1. The van der Waals surface area contributed by atoms with E-state index in [-0.39, 0.29) is 5.91 Å². The van der Waals surface area contributed by atoms with Crippen molar-refractivity contribution in [2.75, 3.05) is 39.2 Å². The monoisotopic (exact) mass is 387 g/mol. The number of nitrogens with zero attached hydrogens (tertiary/aromatic N) is 3. The Kier molecular flexibility index (Phi) is 6.03. The first-order valence-corrected chi connectivity index (χ1v) is 9.89. The molecule has 7 heteroatoms. The second kappa shape index (κ2) is 8.44. The Bertz CT molecular complexity index is 901. The number of carbonyl (C=O) groups is 1. The van der Waals surface area contributed by atoms with Crippen molar-refractivity contribution in [2.24, 2.45) is 0 Å². The van der Waals surface area contributed by atoms with E-state index in [1.807, 2.05) is 55.9 Å². The number of hydrogen-bond acceptors (Lipinski definition) is 6. The summed E-state index contributed by atoms with van der Waals surface area (Å²) >= 11 is 3.11. The van der Waals surface area contributed by atoms with Gasteiger partial charge in [-0.05, 0) is 49.8 Å². The number of ether oxygens (including phenoxy) is 1. The fourth-order valence-corrected chi connectivity index (χ4v) is 4.01. The molecule has 0 atom stereocenters. The zero-order valence-corrected chi connectivity index (χ0v) is 16.6. The second-order valence-corrected chi connectivity index (χ2v) is 7.96. The van der Waals surface area contributed by atoms with Crippen LogP contribution in [0.3, 0.4) is 0 Å². The molecular weight excluding hydrogens is 366 g/mol. The van der Waals surface area contributed by atoms with Crippen molar-refractivity contribution in [1.82, 2.24) is 9.88 Å². The summed E-state index contributed by atoms with van der Waals surface area (Å²) in [4.78, 5) is 22.3. The van der Waals surface area contributed by atoms with Crippen molar-refractivity contribution in [3.05, 3.63) is 46.7 Å². The van der Waals surface area contributed by atoms with Gasteiger partial charge in [-0.1, -0.05) is 17.4 Å². The van der Waals surface area contributed by atoms with Gasteiger partial charge in [0.1, 0.15) is 5.75 Å². The molecule has 0 unspecified atom stereocenters. The van der Waals surface area contributed by atoms with E-state index in [0.29, 0.717) is 11.7 Å². The molecule has 0 aliphatic carbocycles. The maximum atomic E-state index is 12.8. The fraction of sp³-hybridized carbons (Fsp3) is 0.263. The zero-order valence-electron chi connectivity index (χ0n) is 15.0. The van der Waals surface area contributed by atoms with Gasteiger partial charge < -0.3 is 9.64 Å². The molecule has 1 aromatic carbocycles. The molecule has 0 saturated heterocycles. The van der Waals surface area contributed by atoms with Crippen LogP contribution in [0.25, 0.3) is 16.3 Å². The molecule has 0 spiro atoms. The van der Waals surface area contributed by atoms with Crippen molar-refractivity contribution in [2.45, 2.75) is 0 Å².